The molecule has 40 heavy (non-hydrogen) atoms. The number of H-pyrrole nitrogens is 1. The number of hydrogen-bond acceptors (Lipinski definition) is 8. The van der Waals surface area contributed by atoms with E-state index in [0.717, 1.165) is 22.6 Å². The van der Waals surface area contributed by atoms with Gasteiger partial charge in [0.15, 0.2) is 5.82 Å². The lowest BCUT2D eigenvalue weighted by molar-refractivity contribution is -0.192. The third-order valence-electron chi connectivity index (χ3n) is 5.94. The molecular weight excluding hydrogens is 533 g/mol. The van der Waals surface area contributed by atoms with Crippen LogP contribution in [0.25, 0.3) is 10.9 Å². The number of fused-ring (bicyclic) bond motifs is 2. The Balaban J connectivity index is 0.000000470. The van der Waals surface area contributed by atoms with Gasteiger partial charge in [0.2, 0.25) is 0 Å². The first kappa shape index (κ1) is 28.0. The van der Waals surface area contributed by atoms with Gasteiger partial charge in [-0.3, -0.25) is 9.59 Å². The van der Waals surface area contributed by atoms with Crippen LogP contribution in [0.4, 0.5) is 13.2 Å². The maximum absolute atomic E-state index is 12.7. The third kappa shape index (κ3) is 6.51. The van der Waals surface area contributed by atoms with Crippen molar-refractivity contribution in [3.8, 4) is 5.75 Å². The normalized spacial score (nSPS) is 17.2. The van der Waals surface area contributed by atoms with E-state index in [2.05, 4.69) is 30.6 Å². The van der Waals surface area contributed by atoms with E-state index in [1.165, 1.54) is 6.34 Å². The number of carboxylic acids is 1. The van der Waals surface area contributed by atoms with Crippen LogP contribution >= 0.6 is 0 Å². The van der Waals surface area contributed by atoms with Gasteiger partial charge in [0.05, 0.1) is 29.6 Å². The zero-order chi connectivity index (χ0) is 28.9. The topological polar surface area (TPSA) is 158 Å². The van der Waals surface area contributed by atoms with Gasteiger partial charge in [0, 0.05) is 6.54 Å². The van der Waals surface area contributed by atoms with E-state index < -0.39 is 18.1 Å². The molecule has 0 aliphatic carbocycles. The van der Waals surface area contributed by atoms with Crippen molar-refractivity contribution in [1.29, 1.82) is 0 Å². The molecule has 5 rings (SSSR count). The summed E-state index contributed by atoms with van der Waals surface area (Å²) in [4.78, 5) is 49.9. The minimum atomic E-state index is -5.08. The summed E-state index contributed by atoms with van der Waals surface area (Å²) in [6, 6.07) is 13.0. The lowest BCUT2D eigenvalue weighted by Gasteiger charge is -2.21. The van der Waals surface area contributed by atoms with Gasteiger partial charge in [-0.1, -0.05) is 24.3 Å². The molecule has 0 fully saturated rings. The molecule has 0 spiro atoms. The molecule has 0 saturated heterocycles. The average Bonchev–Trinajstić information content (AvgIpc) is 3.42. The van der Waals surface area contributed by atoms with E-state index in [9.17, 15) is 22.8 Å². The molecule has 2 aromatic carbocycles. The summed E-state index contributed by atoms with van der Waals surface area (Å²) in [7, 11) is 1.61. The van der Waals surface area contributed by atoms with Crippen molar-refractivity contribution >= 4 is 34.8 Å². The fourth-order valence-corrected chi connectivity index (χ4v) is 4.00. The second-order valence-electron chi connectivity index (χ2n) is 8.58. The average molecular weight is 557 g/mol. The number of carbonyl (C=O) groups is 2. The number of benzene rings is 2. The first-order chi connectivity index (χ1) is 19.1. The second kappa shape index (κ2) is 11.8. The summed E-state index contributed by atoms with van der Waals surface area (Å²) in [6.07, 6.45) is 0.872. The van der Waals surface area contributed by atoms with Crippen LogP contribution in [0.15, 0.2) is 69.5 Å². The van der Waals surface area contributed by atoms with Crippen LogP contribution < -0.4 is 20.9 Å². The number of aliphatic imine (C=N–C) groups is 2. The van der Waals surface area contributed by atoms with E-state index in [1.54, 1.807) is 19.2 Å². The number of nitrogens with zero attached hydrogens (tertiary/aromatic N) is 3. The van der Waals surface area contributed by atoms with Gasteiger partial charge in [-0.25, -0.2) is 19.8 Å². The Hall–Kier alpha value is -5.01. The summed E-state index contributed by atoms with van der Waals surface area (Å²) < 4.78 is 37.0. The number of aromatic nitrogens is 2. The molecule has 4 N–H and O–H groups in total. The van der Waals surface area contributed by atoms with Gasteiger partial charge in [0.1, 0.15) is 18.3 Å². The number of methoxy groups -OCH3 is 1. The summed E-state index contributed by atoms with van der Waals surface area (Å²) in [6.45, 7) is 0.395. The van der Waals surface area contributed by atoms with Crippen molar-refractivity contribution in [3.05, 3.63) is 82.0 Å². The maximum atomic E-state index is 12.7. The van der Waals surface area contributed by atoms with Crippen molar-refractivity contribution in [2.75, 3.05) is 13.7 Å². The van der Waals surface area contributed by atoms with Crippen LogP contribution in [-0.4, -0.2) is 65.0 Å². The Morgan fingerprint density at radius 3 is 2.67 bits per heavy atom. The smallest absolute Gasteiger partial charge is 0.490 e. The molecule has 3 aromatic rings. The monoisotopic (exact) mass is 556 g/mol. The van der Waals surface area contributed by atoms with Gasteiger partial charge >= 0.3 is 12.1 Å². The fourth-order valence-electron chi connectivity index (χ4n) is 4.00. The number of carbonyl (C=O) groups excluding carboxylic acids is 1. The van der Waals surface area contributed by atoms with Crippen molar-refractivity contribution < 1.29 is 32.6 Å². The third-order valence-corrected chi connectivity index (χ3v) is 5.94. The standard InChI is InChI=1S/C24H22N6O3.C2HF3O2/c1-33-16-4-2-3-14(11-16)7-9-26-24(32)22-29-19-12-15(5-6-17(19)23(31)30-22)20-18-8-10-25-21(18)28-13-27-20;3-2(4,5)1(6)7/h2-6,8,10-13,18,21,25H,7,9H2,1H3,(H,26,32)(H,29,30,31);(H,6,7). The van der Waals surface area contributed by atoms with Crippen molar-refractivity contribution in [2.45, 2.75) is 18.8 Å². The van der Waals surface area contributed by atoms with Crippen LogP contribution in [-0.2, 0) is 11.2 Å². The molecule has 14 heteroatoms. The first-order valence-corrected chi connectivity index (χ1v) is 11.8. The summed E-state index contributed by atoms with van der Waals surface area (Å²) in [5, 5.41) is 13.5. The lowest BCUT2D eigenvalue weighted by Crippen LogP contribution is -2.33. The Bertz CT molecular complexity index is 1580. The predicted molar refractivity (Wildman–Crippen MR) is 140 cm³/mol. The highest BCUT2D eigenvalue weighted by atomic mass is 19.4. The van der Waals surface area contributed by atoms with Crippen LogP contribution in [0, 0.1) is 5.92 Å². The second-order valence-corrected chi connectivity index (χ2v) is 8.58. The van der Waals surface area contributed by atoms with E-state index in [4.69, 9.17) is 14.6 Å². The molecule has 0 saturated carbocycles. The molecule has 0 bridgehead atoms. The van der Waals surface area contributed by atoms with Gasteiger partial charge in [-0.15, -0.1) is 0 Å². The molecule has 11 nitrogen and oxygen atoms in total. The van der Waals surface area contributed by atoms with Crippen molar-refractivity contribution in [3.63, 3.8) is 0 Å². The Labute approximate surface area is 224 Å². The number of ether oxygens (including phenoxy) is 1. The summed E-state index contributed by atoms with van der Waals surface area (Å²) in [5.41, 5.74) is 2.77. The minimum absolute atomic E-state index is 0.00817. The number of halogens is 3. The molecule has 208 valence electrons. The highest BCUT2D eigenvalue weighted by Gasteiger charge is 2.38. The van der Waals surface area contributed by atoms with Gasteiger partial charge < -0.3 is 25.5 Å². The molecule has 0 radical (unpaired) electrons. The first-order valence-electron chi connectivity index (χ1n) is 11.8. The van der Waals surface area contributed by atoms with Crippen LogP contribution in [0.3, 0.4) is 0 Å². The van der Waals surface area contributed by atoms with Gasteiger partial charge in [-0.05, 0) is 48.0 Å². The Morgan fingerprint density at radius 2 is 1.95 bits per heavy atom. The molecule has 1 amide bonds. The Morgan fingerprint density at radius 1 is 1.18 bits per heavy atom. The minimum Gasteiger partial charge on any atom is -0.497 e. The molecule has 2 atom stereocenters. The predicted octanol–water partition coefficient (Wildman–Crippen LogP) is 2.43. The highest BCUT2D eigenvalue weighted by Crippen LogP contribution is 2.24. The number of carboxylic acid groups (broad SMARTS) is 1. The zero-order valence-electron chi connectivity index (χ0n) is 20.9. The maximum Gasteiger partial charge on any atom is 0.490 e. The number of nitrogens with one attached hydrogen (secondary N) is 3. The number of rotatable bonds is 6. The molecule has 2 aliphatic heterocycles. The number of alkyl halides is 3. The lowest BCUT2D eigenvalue weighted by atomic mass is 9.94. The van der Waals surface area contributed by atoms with E-state index in [-0.39, 0.29) is 23.5 Å². The van der Waals surface area contributed by atoms with Crippen LogP contribution in [0.1, 0.15) is 21.7 Å². The van der Waals surface area contributed by atoms with E-state index in [0.29, 0.717) is 23.9 Å². The number of amides is 1. The quantitative estimate of drug-likeness (QED) is 0.363. The van der Waals surface area contributed by atoms with E-state index in [1.807, 2.05) is 42.6 Å². The summed E-state index contributed by atoms with van der Waals surface area (Å²) >= 11 is 0. The van der Waals surface area contributed by atoms with Crippen LogP contribution in [0.2, 0.25) is 0 Å². The molecular formula is C26H23F3N6O5. The number of aromatic amines is 1. The number of hydrogen-bond donors (Lipinski definition) is 4. The van der Waals surface area contributed by atoms with Crippen LogP contribution in [0.5, 0.6) is 5.75 Å². The number of aliphatic carboxylic acids is 1. The van der Waals surface area contributed by atoms with Crippen molar-refractivity contribution in [1.82, 2.24) is 20.6 Å². The van der Waals surface area contributed by atoms with Crippen molar-refractivity contribution in [2.24, 2.45) is 15.9 Å². The van der Waals surface area contributed by atoms with Gasteiger partial charge in [-0.2, -0.15) is 13.2 Å². The molecule has 1 aromatic heterocycles. The highest BCUT2D eigenvalue weighted by molar-refractivity contribution is 6.09. The largest absolute Gasteiger partial charge is 0.497 e. The molecule has 2 unspecified atom stereocenters. The van der Waals surface area contributed by atoms with Gasteiger partial charge in [0.25, 0.3) is 11.5 Å². The zero-order valence-corrected chi connectivity index (χ0v) is 20.9. The molecule has 2 aliphatic rings. The SMILES string of the molecule is COc1cccc(CCNC(=O)c2nc3cc(C4=NC=NC5NC=CC45)ccc3c(=O)[nH]2)c1.O=C(O)C(F)(F)F. The summed E-state index contributed by atoms with van der Waals surface area (Å²) in [5.74, 6) is -2.45. The Kier molecular flexibility index (Phi) is 8.26. The molecule has 3 heterocycles. The fraction of sp³-hybridized carbons (Fsp3) is 0.231. The van der Waals surface area contributed by atoms with E-state index >= 15 is 0 Å².